The normalized spacial score (nSPS) is 11.4. The van der Waals surface area contributed by atoms with Gasteiger partial charge in [-0.3, -0.25) is 4.98 Å². The summed E-state index contributed by atoms with van der Waals surface area (Å²) in [5.41, 5.74) is 2.33. The third-order valence-corrected chi connectivity index (χ3v) is 5.26. The number of aromatic nitrogens is 3. The van der Waals surface area contributed by atoms with E-state index < -0.39 is 0 Å². The summed E-state index contributed by atoms with van der Waals surface area (Å²) in [5.74, 6) is 1.01. The molecule has 0 fully saturated rings. The molecule has 3 aromatic heterocycles. The Labute approximate surface area is 147 Å². The lowest BCUT2D eigenvalue weighted by molar-refractivity contribution is 0.412. The van der Waals surface area contributed by atoms with E-state index in [1.54, 1.807) is 17.7 Å². The maximum absolute atomic E-state index is 4.63. The second kappa shape index (κ2) is 7.23. The third-order valence-electron chi connectivity index (χ3n) is 4.14. The summed E-state index contributed by atoms with van der Waals surface area (Å²) in [7, 11) is 4.18. The Hall–Kier alpha value is -2.05. The second-order valence-corrected chi connectivity index (χ2v) is 7.41. The van der Waals surface area contributed by atoms with E-state index in [-0.39, 0.29) is 0 Å². The summed E-state index contributed by atoms with van der Waals surface area (Å²) < 4.78 is 0. The van der Waals surface area contributed by atoms with Crippen LogP contribution in [0.1, 0.15) is 16.1 Å². The average Bonchev–Trinajstić information content (AvgIpc) is 2.87. The molecule has 0 aromatic carbocycles. The Morgan fingerprint density at radius 2 is 1.88 bits per heavy atom. The quantitative estimate of drug-likeness (QED) is 0.688. The van der Waals surface area contributed by atoms with Crippen molar-refractivity contribution in [3.05, 3.63) is 46.9 Å². The van der Waals surface area contributed by atoms with Crippen LogP contribution in [0.5, 0.6) is 0 Å². The Bertz CT molecular complexity index is 813. The van der Waals surface area contributed by atoms with E-state index in [2.05, 4.69) is 58.8 Å². The van der Waals surface area contributed by atoms with Crippen molar-refractivity contribution in [3.8, 4) is 0 Å². The standard InChI is InChI=1S/C18H23N5S/c1-13-14(2)24-18-16(13)17(20-12-21-18)23(10-9-22(3)4)11-15-7-5-6-8-19-15/h5-8,12H,9-11H2,1-4H3. The van der Waals surface area contributed by atoms with Crippen LogP contribution in [0.3, 0.4) is 0 Å². The maximum atomic E-state index is 4.63. The van der Waals surface area contributed by atoms with E-state index in [9.17, 15) is 0 Å². The maximum Gasteiger partial charge on any atom is 0.141 e. The molecule has 0 N–H and O–H groups in total. The summed E-state index contributed by atoms with van der Waals surface area (Å²) in [4.78, 5) is 20.4. The van der Waals surface area contributed by atoms with Gasteiger partial charge < -0.3 is 9.80 Å². The van der Waals surface area contributed by atoms with Crippen LogP contribution in [0.15, 0.2) is 30.7 Å². The van der Waals surface area contributed by atoms with Crippen molar-refractivity contribution in [3.63, 3.8) is 0 Å². The average molecular weight is 341 g/mol. The zero-order valence-electron chi connectivity index (χ0n) is 14.7. The van der Waals surface area contributed by atoms with Crippen LogP contribution in [0, 0.1) is 13.8 Å². The molecule has 6 heteroatoms. The number of likely N-dealkylation sites (N-methyl/N-ethyl adjacent to an activating group) is 1. The fourth-order valence-electron chi connectivity index (χ4n) is 2.67. The summed E-state index contributed by atoms with van der Waals surface area (Å²) in [6, 6.07) is 6.04. The van der Waals surface area contributed by atoms with Crippen molar-refractivity contribution >= 4 is 27.4 Å². The van der Waals surface area contributed by atoms with Crippen LogP contribution >= 0.6 is 11.3 Å². The first-order valence-electron chi connectivity index (χ1n) is 8.06. The fraction of sp³-hybridized carbons (Fsp3) is 0.389. The lowest BCUT2D eigenvalue weighted by Gasteiger charge is -2.25. The number of fused-ring (bicyclic) bond motifs is 1. The van der Waals surface area contributed by atoms with E-state index in [1.807, 2.05) is 18.3 Å². The number of hydrogen-bond acceptors (Lipinski definition) is 6. The first-order chi connectivity index (χ1) is 11.6. The van der Waals surface area contributed by atoms with Gasteiger partial charge in [0, 0.05) is 24.2 Å². The molecule has 0 spiro atoms. The number of thiophene rings is 1. The van der Waals surface area contributed by atoms with Gasteiger partial charge in [0.2, 0.25) is 0 Å². The van der Waals surface area contributed by atoms with E-state index in [1.165, 1.54) is 15.8 Å². The van der Waals surface area contributed by atoms with Crippen molar-refractivity contribution in [2.24, 2.45) is 0 Å². The Morgan fingerprint density at radius 3 is 2.58 bits per heavy atom. The van der Waals surface area contributed by atoms with Crippen LogP contribution in [-0.4, -0.2) is 47.0 Å². The van der Waals surface area contributed by atoms with Crippen LogP contribution in [0.4, 0.5) is 5.82 Å². The molecule has 3 rings (SSSR count). The number of nitrogens with zero attached hydrogens (tertiary/aromatic N) is 5. The molecule has 0 bridgehead atoms. The molecule has 0 unspecified atom stereocenters. The van der Waals surface area contributed by atoms with Crippen molar-refractivity contribution in [2.45, 2.75) is 20.4 Å². The summed E-state index contributed by atoms with van der Waals surface area (Å²) in [6.45, 7) is 6.90. The predicted octanol–water partition coefficient (Wildman–Crippen LogP) is 3.27. The molecule has 3 aromatic rings. The van der Waals surface area contributed by atoms with Gasteiger partial charge in [0.15, 0.2) is 0 Å². The molecule has 126 valence electrons. The highest BCUT2D eigenvalue weighted by atomic mass is 32.1. The van der Waals surface area contributed by atoms with Crippen LogP contribution in [0.2, 0.25) is 0 Å². The van der Waals surface area contributed by atoms with Crippen LogP contribution < -0.4 is 4.90 Å². The van der Waals surface area contributed by atoms with E-state index in [0.29, 0.717) is 0 Å². The predicted molar refractivity (Wildman–Crippen MR) is 101 cm³/mol. The molecular formula is C18H23N5S. The van der Waals surface area contributed by atoms with Gasteiger partial charge in [-0.05, 0) is 45.6 Å². The van der Waals surface area contributed by atoms with Gasteiger partial charge in [-0.2, -0.15) is 0 Å². The molecule has 0 atom stereocenters. The number of anilines is 1. The van der Waals surface area contributed by atoms with Crippen molar-refractivity contribution in [1.29, 1.82) is 0 Å². The summed E-state index contributed by atoms with van der Waals surface area (Å²) in [6.07, 6.45) is 3.52. The third kappa shape index (κ3) is 3.55. The zero-order chi connectivity index (χ0) is 17.1. The minimum absolute atomic E-state index is 0.745. The molecule has 0 amide bonds. The monoisotopic (exact) mass is 341 g/mol. The lowest BCUT2D eigenvalue weighted by atomic mass is 10.2. The van der Waals surface area contributed by atoms with Gasteiger partial charge in [-0.1, -0.05) is 6.07 Å². The molecular weight excluding hydrogens is 318 g/mol. The topological polar surface area (TPSA) is 45.2 Å². The highest BCUT2D eigenvalue weighted by Gasteiger charge is 2.18. The minimum atomic E-state index is 0.745. The number of aryl methyl sites for hydroxylation is 2. The first kappa shape index (κ1) is 16.8. The minimum Gasteiger partial charge on any atom is -0.349 e. The molecule has 0 radical (unpaired) electrons. The number of hydrogen-bond donors (Lipinski definition) is 0. The molecule has 3 heterocycles. The van der Waals surface area contributed by atoms with Gasteiger partial charge in [0.05, 0.1) is 17.6 Å². The Balaban J connectivity index is 2.01. The molecule has 5 nitrogen and oxygen atoms in total. The molecule has 0 aliphatic carbocycles. The zero-order valence-corrected chi connectivity index (χ0v) is 15.5. The Morgan fingerprint density at radius 1 is 1.04 bits per heavy atom. The van der Waals surface area contributed by atoms with Gasteiger partial charge in [0.25, 0.3) is 0 Å². The molecule has 0 saturated heterocycles. The van der Waals surface area contributed by atoms with Crippen molar-refractivity contribution in [1.82, 2.24) is 19.9 Å². The van der Waals surface area contributed by atoms with Crippen LogP contribution in [0.25, 0.3) is 10.2 Å². The smallest absolute Gasteiger partial charge is 0.141 e. The van der Waals surface area contributed by atoms with Gasteiger partial charge in [0.1, 0.15) is 17.0 Å². The van der Waals surface area contributed by atoms with Crippen molar-refractivity contribution < 1.29 is 0 Å². The molecule has 0 aliphatic rings. The summed E-state index contributed by atoms with van der Waals surface area (Å²) in [5, 5.41) is 1.18. The number of rotatable bonds is 6. The molecule has 24 heavy (non-hydrogen) atoms. The first-order valence-corrected chi connectivity index (χ1v) is 8.88. The summed E-state index contributed by atoms with van der Waals surface area (Å²) >= 11 is 1.74. The van der Waals surface area contributed by atoms with E-state index >= 15 is 0 Å². The van der Waals surface area contributed by atoms with E-state index in [4.69, 9.17) is 0 Å². The van der Waals surface area contributed by atoms with Crippen LogP contribution in [-0.2, 0) is 6.54 Å². The van der Waals surface area contributed by atoms with Gasteiger partial charge >= 0.3 is 0 Å². The van der Waals surface area contributed by atoms with Gasteiger partial charge in [-0.25, -0.2) is 9.97 Å². The highest BCUT2D eigenvalue weighted by Crippen LogP contribution is 2.34. The fourth-order valence-corrected chi connectivity index (χ4v) is 3.66. The SMILES string of the molecule is Cc1sc2ncnc(N(CCN(C)C)Cc3ccccn3)c2c1C. The van der Waals surface area contributed by atoms with Gasteiger partial charge in [-0.15, -0.1) is 11.3 Å². The van der Waals surface area contributed by atoms with E-state index in [0.717, 1.165) is 36.0 Å². The van der Waals surface area contributed by atoms with Crippen molar-refractivity contribution in [2.75, 3.05) is 32.1 Å². The number of pyridine rings is 1. The largest absolute Gasteiger partial charge is 0.349 e. The molecule has 0 saturated carbocycles. The molecule has 0 aliphatic heterocycles. The highest BCUT2D eigenvalue weighted by molar-refractivity contribution is 7.18. The Kier molecular flexibility index (Phi) is 5.06. The lowest BCUT2D eigenvalue weighted by Crippen LogP contribution is -2.32. The second-order valence-electron chi connectivity index (χ2n) is 6.21.